The highest BCUT2D eigenvalue weighted by atomic mass is 35.5. The van der Waals surface area contributed by atoms with Crippen LogP contribution in [0, 0.1) is 0 Å². The van der Waals surface area contributed by atoms with Crippen molar-refractivity contribution in [3.05, 3.63) is 52.5 Å². The average molecular weight is 347 g/mol. The summed E-state index contributed by atoms with van der Waals surface area (Å²) in [5.74, 6) is 0. The van der Waals surface area contributed by atoms with Crippen LogP contribution >= 0.6 is 23.2 Å². The molecule has 21 heavy (non-hydrogen) atoms. The first kappa shape index (κ1) is 16.0. The van der Waals surface area contributed by atoms with Crippen molar-refractivity contribution in [2.24, 2.45) is 0 Å². The molecule has 9 heteroatoms. The molecule has 0 saturated heterocycles. The second-order valence-corrected chi connectivity index (χ2v) is 6.67. The maximum Gasteiger partial charge on any atom is 0.301 e. The van der Waals surface area contributed by atoms with E-state index in [1.807, 2.05) is 30.3 Å². The Bertz CT molecular complexity index is 705. The highest BCUT2D eigenvalue weighted by Gasteiger charge is 2.21. The molecule has 1 heterocycles. The van der Waals surface area contributed by atoms with E-state index in [1.54, 1.807) is 0 Å². The fraction of sp³-hybridized carbons (Fsp3) is 0.167. The van der Waals surface area contributed by atoms with Crippen molar-refractivity contribution in [3.63, 3.8) is 0 Å². The van der Waals surface area contributed by atoms with Crippen LogP contribution in [0.15, 0.2) is 36.7 Å². The van der Waals surface area contributed by atoms with Gasteiger partial charge in [0.25, 0.3) is 0 Å². The molecular weight excluding hydrogens is 335 g/mol. The van der Waals surface area contributed by atoms with Crippen molar-refractivity contribution in [2.75, 3.05) is 11.8 Å². The molecule has 1 N–H and O–H groups in total. The largest absolute Gasteiger partial charge is 0.301 e. The highest BCUT2D eigenvalue weighted by Crippen LogP contribution is 2.27. The van der Waals surface area contributed by atoms with E-state index in [1.165, 1.54) is 7.05 Å². The van der Waals surface area contributed by atoms with Gasteiger partial charge >= 0.3 is 10.2 Å². The van der Waals surface area contributed by atoms with Crippen LogP contribution in [0.2, 0.25) is 10.3 Å². The molecular formula is C12H12Cl2N4O2S. The third kappa shape index (κ3) is 4.04. The summed E-state index contributed by atoms with van der Waals surface area (Å²) >= 11 is 11.6. The fourth-order valence-corrected chi connectivity index (χ4v) is 3.01. The molecule has 0 amide bonds. The van der Waals surface area contributed by atoms with Crippen molar-refractivity contribution in [2.45, 2.75) is 6.54 Å². The van der Waals surface area contributed by atoms with E-state index in [4.69, 9.17) is 23.2 Å². The maximum absolute atomic E-state index is 12.3. The average Bonchev–Trinajstić information content (AvgIpc) is 2.44. The normalized spacial score (nSPS) is 11.6. The van der Waals surface area contributed by atoms with E-state index in [9.17, 15) is 8.42 Å². The minimum Gasteiger partial charge on any atom is -0.265 e. The van der Waals surface area contributed by atoms with Gasteiger partial charge in [-0.1, -0.05) is 53.5 Å². The molecule has 0 aliphatic rings. The van der Waals surface area contributed by atoms with Crippen LogP contribution in [-0.2, 0) is 16.8 Å². The number of hydrogen-bond donors (Lipinski definition) is 1. The third-order valence-electron chi connectivity index (χ3n) is 2.64. The highest BCUT2D eigenvalue weighted by molar-refractivity contribution is 7.90. The summed E-state index contributed by atoms with van der Waals surface area (Å²) in [6.07, 6.45) is 1.15. The minimum absolute atomic E-state index is 0.0410. The number of aromatic nitrogens is 2. The van der Waals surface area contributed by atoms with Crippen molar-refractivity contribution in [1.82, 2.24) is 14.3 Å². The fourth-order valence-electron chi connectivity index (χ4n) is 1.56. The lowest BCUT2D eigenvalue weighted by Gasteiger charge is -2.18. The van der Waals surface area contributed by atoms with Gasteiger partial charge in [0, 0.05) is 13.6 Å². The van der Waals surface area contributed by atoms with E-state index >= 15 is 0 Å². The van der Waals surface area contributed by atoms with E-state index in [0.29, 0.717) is 0 Å². The molecule has 0 atom stereocenters. The molecule has 112 valence electrons. The smallest absolute Gasteiger partial charge is 0.265 e. The van der Waals surface area contributed by atoms with Crippen LogP contribution in [0.1, 0.15) is 5.56 Å². The van der Waals surface area contributed by atoms with Gasteiger partial charge in [0.1, 0.15) is 12.0 Å². The van der Waals surface area contributed by atoms with Crippen LogP contribution in [0.25, 0.3) is 0 Å². The number of nitrogens with one attached hydrogen (secondary N) is 1. The zero-order chi connectivity index (χ0) is 15.5. The van der Waals surface area contributed by atoms with Crippen molar-refractivity contribution in [3.8, 4) is 0 Å². The van der Waals surface area contributed by atoms with Gasteiger partial charge in [-0.05, 0) is 5.56 Å². The second kappa shape index (κ2) is 6.57. The SMILES string of the molecule is CN(Cc1ccccc1)S(=O)(=O)Nc1c(Cl)ncnc1Cl. The molecule has 0 fully saturated rings. The van der Waals surface area contributed by atoms with Gasteiger partial charge in [-0.2, -0.15) is 12.7 Å². The van der Waals surface area contributed by atoms with E-state index in [2.05, 4.69) is 14.7 Å². The first-order valence-electron chi connectivity index (χ1n) is 5.84. The molecule has 6 nitrogen and oxygen atoms in total. The van der Waals surface area contributed by atoms with E-state index in [-0.39, 0.29) is 22.5 Å². The Hall–Kier alpha value is -1.41. The zero-order valence-corrected chi connectivity index (χ0v) is 13.3. The van der Waals surface area contributed by atoms with Crippen LogP contribution in [-0.4, -0.2) is 29.7 Å². The Morgan fingerprint density at radius 3 is 2.29 bits per heavy atom. The first-order chi connectivity index (χ1) is 9.90. The van der Waals surface area contributed by atoms with Crippen molar-refractivity contribution in [1.29, 1.82) is 0 Å². The maximum atomic E-state index is 12.3. The standard InChI is InChI=1S/C12H12Cl2N4O2S/c1-18(7-9-5-3-2-4-6-9)21(19,20)17-10-11(13)15-8-16-12(10)14/h2-6,8,17H,7H2,1H3. The van der Waals surface area contributed by atoms with Gasteiger partial charge in [-0.3, -0.25) is 4.72 Å². The lowest BCUT2D eigenvalue weighted by molar-refractivity contribution is 0.471. The predicted molar refractivity (Wildman–Crippen MR) is 82.5 cm³/mol. The molecule has 2 aromatic rings. The van der Waals surface area contributed by atoms with Crippen molar-refractivity contribution >= 4 is 39.1 Å². The van der Waals surface area contributed by atoms with Gasteiger partial charge in [-0.25, -0.2) is 9.97 Å². The number of hydrogen-bond acceptors (Lipinski definition) is 4. The lowest BCUT2D eigenvalue weighted by Crippen LogP contribution is -2.32. The van der Waals surface area contributed by atoms with Gasteiger partial charge in [0.05, 0.1) is 0 Å². The summed E-state index contributed by atoms with van der Waals surface area (Å²) in [4.78, 5) is 7.38. The summed E-state index contributed by atoms with van der Waals surface area (Å²) < 4.78 is 27.9. The number of anilines is 1. The topological polar surface area (TPSA) is 75.2 Å². The Balaban J connectivity index is 2.18. The third-order valence-corrected chi connectivity index (χ3v) is 4.63. The molecule has 0 aliphatic heterocycles. The van der Waals surface area contributed by atoms with Crippen molar-refractivity contribution < 1.29 is 8.42 Å². The number of benzene rings is 1. The Labute approximate surface area is 132 Å². The lowest BCUT2D eigenvalue weighted by atomic mass is 10.2. The van der Waals surface area contributed by atoms with E-state index in [0.717, 1.165) is 16.2 Å². The van der Waals surface area contributed by atoms with Gasteiger partial charge < -0.3 is 0 Å². The molecule has 0 bridgehead atoms. The molecule has 2 rings (SSSR count). The second-order valence-electron chi connectivity index (χ2n) is 4.18. The Kier molecular flexibility index (Phi) is 5.00. The van der Waals surface area contributed by atoms with Crippen LogP contribution < -0.4 is 4.72 Å². The molecule has 0 unspecified atom stereocenters. The summed E-state index contributed by atoms with van der Waals surface area (Å²) in [5, 5.41) is -0.127. The molecule has 0 saturated carbocycles. The number of nitrogens with zero attached hydrogens (tertiary/aromatic N) is 3. The first-order valence-corrected chi connectivity index (χ1v) is 8.04. The molecule has 1 aromatic carbocycles. The molecule has 0 radical (unpaired) electrons. The van der Waals surface area contributed by atoms with Crippen LogP contribution in [0.4, 0.5) is 5.69 Å². The summed E-state index contributed by atoms with van der Waals surface area (Å²) in [6.45, 7) is 0.207. The number of rotatable bonds is 5. The zero-order valence-electron chi connectivity index (χ0n) is 11.0. The molecule has 0 aliphatic carbocycles. The monoisotopic (exact) mass is 346 g/mol. The number of halogens is 2. The minimum atomic E-state index is -3.82. The Morgan fingerprint density at radius 2 is 1.71 bits per heavy atom. The Morgan fingerprint density at radius 1 is 1.14 bits per heavy atom. The summed E-state index contributed by atoms with van der Waals surface area (Å²) in [5.41, 5.74) is 0.813. The van der Waals surface area contributed by atoms with Crippen LogP contribution in [0.5, 0.6) is 0 Å². The summed E-state index contributed by atoms with van der Waals surface area (Å²) in [6, 6.07) is 9.19. The van der Waals surface area contributed by atoms with Gasteiger partial charge in [-0.15, -0.1) is 0 Å². The molecule has 0 spiro atoms. The van der Waals surface area contributed by atoms with Gasteiger partial charge in [0.15, 0.2) is 10.3 Å². The van der Waals surface area contributed by atoms with Gasteiger partial charge in [0.2, 0.25) is 0 Å². The summed E-state index contributed by atoms with van der Waals surface area (Å²) in [7, 11) is -2.38. The predicted octanol–water partition coefficient (Wildman–Crippen LogP) is 2.57. The van der Waals surface area contributed by atoms with Crippen LogP contribution in [0.3, 0.4) is 0 Å². The molecule has 1 aromatic heterocycles. The quantitative estimate of drug-likeness (QED) is 0.844. The van der Waals surface area contributed by atoms with E-state index < -0.39 is 10.2 Å².